The molecule has 0 amide bonds. The van der Waals surface area contributed by atoms with Crippen LogP contribution in [0.1, 0.15) is 0 Å². The average molecular weight is 378 g/mol. The molecule has 2 aromatic rings. The molecular weight excluding hydrogens is 368 g/mol. The van der Waals surface area contributed by atoms with Crippen LogP contribution in [0.4, 0.5) is 5.69 Å². The number of nitrogen functional groups attached to an aromatic ring is 1. The van der Waals surface area contributed by atoms with Gasteiger partial charge in [-0.15, -0.1) is 0 Å². The van der Waals surface area contributed by atoms with Crippen molar-refractivity contribution in [3.05, 3.63) is 45.9 Å². The fraction of sp³-hybridized carbons (Fsp3) is 0. The molecule has 0 aromatic heterocycles. The van der Waals surface area contributed by atoms with Crippen molar-refractivity contribution in [2.75, 3.05) is 5.73 Å². The molecule has 4 N–H and O–H groups in total. The van der Waals surface area contributed by atoms with Gasteiger partial charge in [-0.05, 0) is 30.3 Å². The summed E-state index contributed by atoms with van der Waals surface area (Å²) in [6.07, 6.45) is 0. The lowest BCUT2D eigenvalue weighted by Crippen LogP contribution is -2.14. The molecule has 0 aliphatic heterocycles. The van der Waals surface area contributed by atoms with E-state index in [-0.39, 0.29) is 10.6 Å². The van der Waals surface area contributed by atoms with Gasteiger partial charge in [0.15, 0.2) is 0 Å². The summed E-state index contributed by atoms with van der Waals surface area (Å²) in [5.74, 6) is 0.777. The number of primary sulfonamides is 1. The predicted molar refractivity (Wildman–Crippen MR) is 81.5 cm³/mol. The van der Waals surface area contributed by atoms with E-state index in [1.54, 1.807) is 18.2 Å². The average Bonchev–Trinajstić information content (AvgIpc) is 2.32. The molecule has 2 rings (SSSR count). The Morgan fingerprint density at radius 3 is 2.45 bits per heavy atom. The largest absolute Gasteiger partial charge is 0.456 e. The Labute approximate surface area is 129 Å². The summed E-state index contributed by atoms with van der Waals surface area (Å²) < 4.78 is 28.9. The van der Waals surface area contributed by atoms with Gasteiger partial charge in [-0.3, -0.25) is 0 Å². The Balaban J connectivity index is 2.36. The second-order valence-electron chi connectivity index (χ2n) is 3.92. The minimum Gasteiger partial charge on any atom is -0.456 e. The number of hydrogen-bond acceptors (Lipinski definition) is 4. The maximum atomic E-state index is 11.3. The van der Waals surface area contributed by atoms with Crippen molar-refractivity contribution in [3.8, 4) is 11.5 Å². The summed E-state index contributed by atoms with van der Waals surface area (Å²) in [6, 6.07) is 9.24. The zero-order valence-corrected chi connectivity index (χ0v) is 13.2. The predicted octanol–water partition coefficient (Wildman–Crippen LogP) is 3.12. The third-order valence-electron chi connectivity index (χ3n) is 2.41. The lowest BCUT2D eigenvalue weighted by molar-refractivity contribution is 0.482. The quantitative estimate of drug-likeness (QED) is 0.803. The van der Waals surface area contributed by atoms with E-state index >= 15 is 0 Å². The van der Waals surface area contributed by atoms with Gasteiger partial charge < -0.3 is 10.5 Å². The molecule has 0 spiro atoms. The normalized spacial score (nSPS) is 11.3. The van der Waals surface area contributed by atoms with E-state index in [0.29, 0.717) is 16.5 Å². The fourth-order valence-electron chi connectivity index (χ4n) is 1.53. The maximum Gasteiger partial charge on any atom is 0.240 e. The third-order valence-corrected chi connectivity index (χ3v) is 4.20. The smallest absolute Gasteiger partial charge is 0.240 e. The monoisotopic (exact) mass is 376 g/mol. The van der Waals surface area contributed by atoms with E-state index in [2.05, 4.69) is 15.9 Å². The van der Waals surface area contributed by atoms with Crippen molar-refractivity contribution in [1.82, 2.24) is 0 Å². The van der Waals surface area contributed by atoms with Gasteiger partial charge >= 0.3 is 0 Å². The Kier molecular flexibility index (Phi) is 4.24. The Hall–Kier alpha value is -1.28. The molecule has 20 heavy (non-hydrogen) atoms. The molecule has 0 saturated heterocycles. The first-order chi connectivity index (χ1) is 9.27. The molecule has 0 heterocycles. The van der Waals surface area contributed by atoms with E-state index in [0.717, 1.165) is 4.47 Å². The molecule has 0 fully saturated rings. The molecule has 0 saturated carbocycles. The minimum atomic E-state index is -3.85. The Bertz CT molecular complexity index is 765. The Morgan fingerprint density at radius 1 is 1.15 bits per heavy atom. The van der Waals surface area contributed by atoms with E-state index in [4.69, 9.17) is 27.2 Å². The molecule has 5 nitrogen and oxygen atoms in total. The topological polar surface area (TPSA) is 95.4 Å². The summed E-state index contributed by atoms with van der Waals surface area (Å²) in [5, 5.41) is 5.45. The number of halogens is 2. The van der Waals surface area contributed by atoms with Crippen molar-refractivity contribution >= 4 is 43.2 Å². The van der Waals surface area contributed by atoms with Crippen LogP contribution in [-0.4, -0.2) is 8.42 Å². The highest BCUT2D eigenvalue weighted by molar-refractivity contribution is 9.10. The van der Waals surface area contributed by atoms with Crippen LogP contribution in [-0.2, 0) is 10.0 Å². The Morgan fingerprint density at radius 2 is 1.85 bits per heavy atom. The van der Waals surface area contributed by atoms with Crippen molar-refractivity contribution < 1.29 is 13.2 Å². The first-order valence-corrected chi connectivity index (χ1v) is 8.04. The number of rotatable bonds is 3. The van der Waals surface area contributed by atoms with Gasteiger partial charge in [-0.2, -0.15) is 0 Å². The number of hydrogen-bond donors (Lipinski definition) is 2. The highest BCUT2D eigenvalue weighted by Crippen LogP contribution is 2.33. The van der Waals surface area contributed by atoms with Crippen LogP contribution in [0.3, 0.4) is 0 Å². The number of ether oxygens (including phenoxy) is 1. The van der Waals surface area contributed by atoms with E-state index < -0.39 is 10.0 Å². The molecule has 0 unspecified atom stereocenters. The van der Waals surface area contributed by atoms with E-state index in [1.807, 2.05) is 0 Å². The van der Waals surface area contributed by atoms with Crippen molar-refractivity contribution in [1.29, 1.82) is 0 Å². The zero-order valence-electron chi connectivity index (χ0n) is 10.0. The lowest BCUT2D eigenvalue weighted by Gasteiger charge is -2.10. The van der Waals surface area contributed by atoms with Crippen LogP contribution in [0.25, 0.3) is 0 Å². The van der Waals surface area contributed by atoms with Gasteiger partial charge in [0.25, 0.3) is 0 Å². The number of anilines is 1. The van der Waals surface area contributed by atoms with Crippen LogP contribution in [0.5, 0.6) is 11.5 Å². The molecule has 0 atom stereocenters. The van der Waals surface area contributed by atoms with Gasteiger partial charge in [-0.25, -0.2) is 13.6 Å². The maximum absolute atomic E-state index is 11.3. The molecule has 0 bridgehead atoms. The standard InChI is InChI=1S/C12H10BrClN2O3S/c13-7-1-3-9(14)11(5-7)19-8-2-4-12(10(15)6-8)20(16,17)18/h1-6H,15H2,(H2,16,17,18). The first-order valence-electron chi connectivity index (χ1n) is 5.32. The van der Waals surface area contributed by atoms with Crippen molar-refractivity contribution in [3.63, 3.8) is 0 Å². The van der Waals surface area contributed by atoms with Crippen LogP contribution in [0.2, 0.25) is 5.02 Å². The summed E-state index contributed by atoms with van der Waals surface area (Å²) in [4.78, 5) is -0.148. The molecule has 2 aromatic carbocycles. The van der Waals surface area contributed by atoms with Crippen molar-refractivity contribution in [2.45, 2.75) is 4.90 Å². The van der Waals surface area contributed by atoms with Gasteiger partial charge in [0, 0.05) is 10.5 Å². The van der Waals surface area contributed by atoms with Crippen LogP contribution in [0, 0.1) is 0 Å². The summed E-state index contributed by atoms with van der Waals surface area (Å²) in [6.45, 7) is 0. The highest BCUT2D eigenvalue weighted by Gasteiger charge is 2.13. The van der Waals surface area contributed by atoms with Gasteiger partial charge in [0.05, 0.1) is 10.7 Å². The van der Waals surface area contributed by atoms with E-state index in [9.17, 15) is 8.42 Å². The van der Waals surface area contributed by atoms with Crippen molar-refractivity contribution in [2.24, 2.45) is 5.14 Å². The molecule has 0 aliphatic carbocycles. The fourth-order valence-corrected chi connectivity index (χ4v) is 2.67. The number of benzene rings is 2. The molecule has 106 valence electrons. The summed E-state index contributed by atoms with van der Waals surface area (Å²) in [7, 11) is -3.85. The highest BCUT2D eigenvalue weighted by atomic mass is 79.9. The summed E-state index contributed by atoms with van der Waals surface area (Å²) >= 11 is 9.30. The second kappa shape index (κ2) is 5.61. The van der Waals surface area contributed by atoms with Gasteiger partial charge in [0.2, 0.25) is 10.0 Å². The molecule has 0 aliphatic rings. The molecule has 0 radical (unpaired) electrons. The van der Waals surface area contributed by atoms with E-state index in [1.165, 1.54) is 18.2 Å². The van der Waals surface area contributed by atoms with Crippen LogP contribution < -0.4 is 15.6 Å². The van der Waals surface area contributed by atoms with Gasteiger partial charge in [-0.1, -0.05) is 27.5 Å². The van der Waals surface area contributed by atoms with Crippen LogP contribution in [0.15, 0.2) is 45.8 Å². The van der Waals surface area contributed by atoms with Gasteiger partial charge in [0.1, 0.15) is 16.4 Å². The number of nitrogens with two attached hydrogens (primary N) is 2. The third kappa shape index (κ3) is 3.43. The molecular formula is C12H10BrClN2O3S. The summed E-state index contributed by atoms with van der Waals surface area (Å²) in [5.41, 5.74) is 5.66. The zero-order chi connectivity index (χ0) is 14.9. The van der Waals surface area contributed by atoms with Crippen LogP contribution >= 0.6 is 27.5 Å². The first kappa shape index (κ1) is 15.1. The lowest BCUT2D eigenvalue weighted by atomic mass is 10.3. The number of sulfonamides is 1. The second-order valence-corrected chi connectivity index (χ2v) is 6.77. The SMILES string of the molecule is Nc1cc(Oc2cc(Br)ccc2Cl)ccc1S(N)(=O)=O. The molecule has 8 heteroatoms. The minimum absolute atomic E-state index is 0.0103.